The minimum Gasteiger partial charge on any atom is -0.497 e. The van der Waals surface area contributed by atoms with Crippen LogP contribution in [-0.4, -0.2) is 22.5 Å². The molecule has 1 unspecified atom stereocenters. The summed E-state index contributed by atoms with van der Waals surface area (Å²) in [7, 11) is 1.20. The van der Waals surface area contributed by atoms with Gasteiger partial charge in [-0.25, -0.2) is 0 Å². The summed E-state index contributed by atoms with van der Waals surface area (Å²) in [5, 5.41) is 3.89. The largest absolute Gasteiger partial charge is 0.497 e. The molecule has 1 atom stereocenters. The standard InChI is InChI=1S/C23H35NO2Si/c1-22(2,3)27(26-8,23(4,5)6)21(18-12-10-9-11-13-18)24-19-14-16-20(25-7)17-15-19/h9-17,21,24H,1-8H3. The molecule has 0 amide bonds. The first-order valence-corrected chi connectivity index (χ1v) is 11.6. The van der Waals surface area contributed by atoms with Gasteiger partial charge in [-0.3, -0.25) is 0 Å². The van der Waals surface area contributed by atoms with Gasteiger partial charge in [-0.2, -0.15) is 0 Å². The van der Waals surface area contributed by atoms with Gasteiger partial charge in [0.1, 0.15) is 5.75 Å². The number of benzene rings is 2. The fraction of sp³-hybridized carbons (Fsp3) is 0.478. The van der Waals surface area contributed by atoms with Crippen molar-refractivity contribution in [3.05, 3.63) is 60.2 Å². The zero-order chi connectivity index (χ0) is 20.3. The lowest BCUT2D eigenvalue weighted by atomic mass is 10.2. The van der Waals surface area contributed by atoms with Crippen LogP contribution in [0.4, 0.5) is 5.69 Å². The van der Waals surface area contributed by atoms with E-state index in [2.05, 4.69) is 89.3 Å². The monoisotopic (exact) mass is 385 g/mol. The van der Waals surface area contributed by atoms with Gasteiger partial charge in [-0.05, 0) is 39.9 Å². The highest BCUT2D eigenvalue weighted by Crippen LogP contribution is 2.57. The minimum absolute atomic E-state index is 0.0278. The third-order valence-electron chi connectivity index (χ3n) is 5.49. The van der Waals surface area contributed by atoms with Gasteiger partial charge < -0.3 is 14.5 Å². The molecule has 0 aliphatic heterocycles. The van der Waals surface area contributed by atoms with Crippen molar-refractivity contribution >= 4 is 14.0 Å². The van der Waals surface area contributed by atoms with E-state index in [1.54, 1.807) is 7.11 Å². The Balaban J connectivity index is 2.62. The molecule has 27 heavy (non-hydrogen) atoms. The van der Waals surface area contributed by atoms with Gasteiger partial charge in [-0.15, -0.1) is 0 Å². The molecule has 0 radical (unpaired) electrons. The number of nitrogens with one attached hydrogen (secondary N) is 1. The molecule has 0 saturated heterocycles. The third kappa shape index (κ3) is 4.22. The molecule has 0 aliphatic carbocycles. The van der Waals surface area contributed by atoms with Crippen LogP contribution in [0.3, 0.4) is 0 Å². The second-order valence-electron chi connectivity index (χ2n) is 9.16. The van der Waals surface area contributed by atoms with E-state index in [-0.39, 0.29) is 15.7 Å². The van der Waals surface area contributed by atoms with Gasteiger partial charge >= 0.3 is 0 Å². The molecule has 2 aromatic carbocycles. The molecule has 0 aliphatic rings. The average Bonchev–Trinajstić information content (AvgIpc) is 2.61. The van der Waals surface area contributed by atoms with Crippen LogP contribution in [-0.2, 0) is 4.43 Å². The van der Waals surface area contributed by atoms with Crippen LogP contribution < -0.4 is 10.1 Å². The molecule has 0 spiro atoms. The SMILES string of the molecule is COc1ccc(NC(c2ccccc2)[Si](OC)(C(C)(C)C)C(C)(C)C)cc1. The number of hydrogen-bond donors (Lipinski definition) is 1. The Morgan fingerprint density at radius 2 is 1.30 bits per heavy atom. The highest BCUT2D eigenvalue weighted by atomic mass is 28.4. The highest BCUT2D eigenvalue weighted by Gasteiger charge is 2.60. The number of ether oxygens (including phenoxy) is 1. The van der Waals surface area contributed by atoms with E-state index < -0.39 is 8.32 Å². The van der Waals surface area contributed by atoms with E-state index in [1.165, 1.54) is 5.56 Å². The molecule has 1 N–H and O–H groups in total. The van der Waals surface area contributed by atoms with E-state index in [9.17, 15) is 0 Å². The van der Waals surface area contributed by atoms with Gasteiger partial charge in [0.2, 0.25) is 8.32 Å². The molecule has 0 saturated carbocycles. The van der Waals surface area contributed by atoms with Crippen LogP contribution >= 0.6 is 0 Å². The average molecular weight is 386 g/mol. The quantitative estimate of drug-likeness (QED) is 0.570. The number of methoxy groups -OCH3 is 1. The second kappa shape index (κ2) is 8.07. The maximum atomic E-state index is 6.55. The van der Waals surface area contributed by atoms with Crippen molar-refractivity contribution in [1.82, 2.24) is 0 Å². The van der Waals surface area contributed by atoms with Crippen molar-refractivity contribution in [3.8, 4) is 5.75 Å². The molecule has 0 heterocycles. The lowest BCUT2D eigenvalue weighted by Crippen LogP contribution is -2.60. The summed E-state index contributed by atoms with van der Waals surface area (Å²) in [6.07, 6.45) is 0. The van der Waals surface area contributed by atoms with Gasteiger partial charge in [-0.1, -0.05) is 71.9 Å². The first-order chi connectivity index (χ1) is 12.6. The molecule has 2 rings (SSSR count). The molecule has 0 aromatic heterocycles. The Labute approximate surface area is 166 Å². The predicted octanol–water partition coefficient (Wildman–Crippen LogP) is 6.58. The van der Waals surface area contributed by atoms with Crippen LogP contribution in [0, 0.1) is 0 Å². The summed E-state index contributed by atoms with van der Waals surface area (Å²) in [6.45, 7) is 13.9. The molecule has 2 aromatic rings. The third-order valence-corrected chi connectivity index (χ3v) is 11.9. The topological polar surface area (TPSA) is 30.5 Å². The lowest BCUT2D eigenvalue weighted by Gasteiger charge is -2.54. The zero-order valence-electron chi connectivity index (χ0n) is 18.1. The second-order valence-corrected chi connectivity index (χ2v) is 14.6. The van der Waals surface area contributed by atoms with E-state index in [0.29, 0.717) is 0 Å². The molecule has 0 fully saturated rings. The van der Waals surface area contributed by atoms with Gasteiger partial charge in [0.15, 0.2) is 0 Å². The van der Waals surface area contributed by atoms with Crippen molar-refractivity contribution in [2.75, 3.05) is 19.5 Å². The van der Waals surface area contributed by atoms with Crippen LogP contribution in [0.1, 0.15) is 52.8 Å². The van der Waals surface area contributed by atoms with E-state index >= 15 is 0 Å². The summed E-state index contributed by atoms with van der Waals surface area (Å²) in [6, 6.07) is 18.8. The summed E-state index contributed by atoms with van der Waals surface area (Å²) in [5.41, 5.74) is 2.45. The van der Waals surface area contributed by atoms with Crippen molar-refractivity contribution in [2.24, 2.45) is 0 Å². The highest BCUT2D eigenvalue weighted by molar-refractivity contribution is 6.81. The number of anilines is 1. The van der Waals surface area contributed by atoms with Crippen LogP contribution in [0.25, 0.3) is 0 Å². The summed E-state index contributed by atoms with van der Waals surface area (Å²) in [4.78, 5) is 0. The Morgan fingerprint density at radius 1 is 0.778 bits per heavy atom. The summed E-state index contributed by atoms with van der Waals surface area (Å²) < 4.78 is 11.9. The van der Waals surface area contributed by atoms with Gasteiger partial charge in [0.05, 0.1) is 12.8 Å². The van der Waals surface area contributed by atoms with Crippen molar-refractivity contribution in [2.45, 2.75) is 57.3 Å². The predicted molar refractivity (Wildman–Crippen MR) is 118 cm³/mol. The first-order valence-electron chi connectivity index (χ1n) is 9.57. The van der Waals surface area contributed by atoms with E-state index in [4.69, 9.17) is 9.16 Å². The smallest absolute Gasteiger partial charge is 0.228 e. The normalized spacial score (nSPS) is 13.9. The van der Waals surface area contributed by atoms with Gasteiger partial charge in [0.25, 0.3) is 0 Å². The van der Waals surface area contributed by atoms with Crippen LogP contribution in [0.2, 0.25) is 10.1 Å². The van der Waals surface area contributed by atoms with Crippen molar-refractivity contribution in [1.29, 1.82) is 0 Å². The van der Waals surface area contributed by atoms with Crippen LogP contribution in [0.5, 0.6) is 5.75 Å². The van der Waals surface area contributed by atoms with Crippen molar-refractivity contribution < 1.29 is 9.16 Å². The number of hydrogen-bond acceptors (Lipinski definition) is 3. The number of rotatable bonds is 6. The van der Waals surface area contributed by atoms with Crippen molar-refractivity contribution in [3.63, 3.8) is 0 Å². The minimum atomic E-state index is -2.39. The van der Waals surface area contributed by atoms with Crippen LogP contribution in [0.15, 0.2) is 54.6 Å². The Bertz CT molecular complexity index is 701. The fourth-order valence-corrected chi connectivity index (χ4v) is 11.1. The Kier molecular flexibility index (Phi) is 6.43. The molecule has 0 bridgehead atoms. The zero-order valence-corrected chi connectivity index (χ0v) is 19.1. The lowest BCUT2D eigenvalue weighted by molar-refractivity contribution is 0.315. The molecule has 4 heteroatoms. The van der Waals surface area contributed by atoms with E-state index in [0.717, 1.165) is 11.4 Å². The molecule has 3 nitrogen and oxygen atoms in total. The Morgan fingerprint density at radius 3 is 1.70 bits per heavy atom. The van der Waals surface area contributed by atoms with Gasteiger partial charge in [0, 0.05) is 12.8 Å². The molecular formula is C23H35NO2Si. The summed E-state index contributed by atoms with van der Waals surface area (Å²) in [5.74, 6) is 0.860. The first kappa shape index (κ1) is 21.5. The van der Waals surface area contributed by atoms with E-state index in [1.807, 2.05) is 19.2 Å². The maximum absolute atomic E-state index is 6.55. The Hall–Kier alpha value is -1.78. The molecule has 148 valence electrons. The maximum Gasteiger partial charge on any atom is 0.228 e. The fourth-order valence-electron chi connectivity index (χ4n) is 4.64. The molecular weight excluding hydrogens is 350 g/mol. The summed E-state index contributed by atoms with van der Waals surface area (Å²) >= 11 is 0.